The van der Waals surface area contributed by atoms with Crippen LogP contribution in [0.25, 0.3) is 10.2 Å². The van der Waals surface area contributed by atoms with E-state index in [1.165, 1.54) is 70.4 Å². The van der Waals surface area contributed by atoms with E-state index >= 15 is 0 Å². The number of sulfonamides is 1. The van der Waals surface area contributed by atoms with Crippen LogP contribution in [0.15, 0.2) is 94.3 Å². The van der Waals surface area contributed by atoms with Crippen molar-refractivity contribution in [3.8, 4) is 0 Å². The summed E-state index contributed by atoms with van der Waals surface area (Å²) in [5, 5.41) is 16.5. The Bertz CT molecular complexity index is 1680. The number of aromatic nitrogens is 1. The second kappa shape index (κ2) is 11.5. The van der Waals surface area contributed by atoms with Crippen molar-refractivity contribution >= 4 is 54.7 Å². The van der Waals surface area contributed by atoms with Crippen molar-refractivity contribution in [3.05, 3.63) is 107 Å². The monoisotopic (exact) mass is 565 g/mol. The summed E-state index contributed by atoms with van der Waals surface area (Å²) in [5.74, 6) is -1.01. The zero-order chi connectivity index (χ0) is 28.2. The lowest BCUT2D eigenvalue weighted by Crippen LogP contribution is -2.31. The Hall–Kier alpha value is -4.46. The Morgan fingerprint density at radius 1 is 1.13 bits per heavy atom. The summed E-state index contributed by atoms with van der Waals surface area (Å²) in [6.45, 7) is 9.32. The van der Waals surface area contributed by atoms with Crippen LogP contribution in [0.2, 0.25) is 0 Å². The number of hydrogen-bond acceptors (Lipinski definition) is 9. The SMILES string of the molecule is C=CCN(CC=C)S(=O)(=O)c1ccc(C(=O)N(/N=C/c2ccc([N+](=O)[O-])o2)c2nc3ccc(C)cc3s2)cc1. The molecule has 4 aromatic rings. The number of hydrogen-bond donors (Lipinski definition) is 0. The molecule has 11 nitrogen and oxygen atoms in total. The van der Waals surface area contributed by atoms with Gasteiger partial charge in [-0.05, 0) is 55.0 Å². The van der Waals surface area contributed by atoms with Crippen LogP contribution in [-0.2, 0) is 10.0 Å². The molecule has 39 heavy (non-hydrogen) atoms. The zero-order valence-corrected chi connectivity index (χ0v) is 22.4. The van der Waals surface area contributed by atoms with E-state index < -0.39 is 26.7 Å². The maximum absolute atomic E-state index is 13.6. The highest BCUT2D eigenvalue weighted by atomic mass is 32.2. The molecule has 0 unspecified atom stereocenters. The number of carbonyl (C=O) groups excluding carboxylic acids is 1. The van der Waals surface area contributed by atoms with E-state index in [1.54, 1.807) is 0 Å². The smallest absolute Gasteiger partial charge is 0.400 e. The van der Waals surface area contributed by atoms with E-state index in [0.717, 1.165) is 15.3 Å². The Labute approximate surface area is 228 Å². The molecule has 0 aliphatic carbocycles. The van der Waals surface area contributed by atoms with Crippen molar-refractivity contribution in [2.75, 3.05) is 18.1 Å². The summed E-state index contributed by atoms with van der Waals surface area (Å²) in [6.07, 6.45) is 4.12. The number of aryl methyl sites for hydroxylation is 1. The number of rotatable bonds is 11. The third-order valence-electron chi connectivity index (χ3n) is 5.40. The Morgan fingerprint density at radius 3 is 2.44 bits per heavy atom. The number of fused-ring (bicyclic) bond motifs is 1. The fraction of sp³-hybridized carbons (Fsp3) is 0.115. The van der Waals surface area contributed by atoms with Gasteiger partial charge in [0, 0.05) is 18.7 Å². The van der Waals surface area contributed by atoms with Gasteiger partial charge in [-0.25, -0.2) is 13.4 Å². The van der Waals surface area contributed by atoms with Crippen LogP contribution in [0.1, 0.15) is 21.7 Å². The first kappa shape index (κ1) is 27.6. The average molecular weight is 566 g/mol. The quantitative estimate of drug-likeness (QED) is 0.106. The second-order valence-electron chi connectivity index (χ2n) is 8.19. The lowest BCUT2D eigenvalue weighted by Gasteiger charge is -2.19. The molecule has 0 aliphatic rings. The van der Waals surface area contributed by atoms with Gasteiger partial charge < -0.3 is 4.42 Å². The number of benzene rings is 2. The van der Waals surface area contributed by atoms with Crippen LogP contribution in [0.3, 0.4) is 0 Å². The summed E-state index contributed by atoms with van der Waals surface area (Å²) in [4.78, 5) is 28.4. The largest absolute Gasteiger partial charge is 0.433 e. The van der Waals surface area contributed by atoms with Crippen LogP contribution >= 0.6 is 11.3 Å². The average Bonchev–Trinajstić information content (AvgIpc) is 3.56. The van der Waals surface area contributed by atoms with Gasteiger partial charge >= 0.3 is 5.88 Å². The van der Waals surface area contributed by atoms with Gasteiger partial charge in [0.2, 0.25) is 15.2 Å². The summed E-state index contributed by atoms with van der Waals surface area (Å²) < 4.78 is 33.2. The van der Waals surface area contributed by atoms with Crippen molar-refractivity contribution in [1.82, 2.24) is 9.29 Å². The first-order chi connectivity index (χ1) is 18.6. The minimum atomic E-state index is -3.85. The fourth-order valence-electron chi connectivity index (χ4n) is 3.52. The van der Waals surface area contributed by atoms with Gasteiger partial charge in [-0.15, -0.1) is 13.2 Å². The summed E-state index contributed by atoms with van der Waals surface area (Å²) >= 11 is 1.23. The molecule has 4 rings (SSSR count). The summed E-state index contributed by atoms with van der Waals surface area (Å²) in [6, 6.07) is 13.6. The van der Waals surface area contributed by atoms with Crippen molar-refractivity contribution in [1.29, 1.82) is 0 Å². The van der Waals surface area contributed by atoms with Gasteiger partial charge in [0.15, 0.2) is 5.76 Å². The van der Waals surface area contributed by atoms with Gasteiger partial charge in [0.1, 0.15) is 4.92 Å². The van der Waals surface area contributed by atoms with Gasteiger partial charge in [0.05, 0.1) is 27.4 Å². The molecule has 0 atom stereocenters. The standard InChI is InChI=1S/C26H23N5O6S2/c1-4-14-29(15-5-2)39(35,36)21-10-7-19(8-11-21)25(32)30(27-17-20-9-13-24(37-20)31(33)34)26-28-22-12-6-18(3)16-23(22)38-26/h4-13,16-17H,1-2,14-15H2,3H3/b27-17+. The molecule has 1 amide bonds. The molecule has 0 spiro atoms. The minimum Gasteiger partial charge on any atom is -0.400 e. The van der Waals surface area contributed by atoms with Crippen molar-refractivity contribution in [2.45, 2.75) is 11.8 Å². The van der Waals surface area contributed by atoms with Crippen molar-refractivity contribution < 1.29 is 22.6 Å². The van der Waals surface area contributed by atoms with E-state index in [2.05, 4.69) is 23.2 Å². The highest BCUT2D eigenvalue weighted by Gasteiger charge is 2.25. The molecule has 2 heterocycles. The second-order valence-corrected chi connectivity index (χ2v) is 11.1. The lowest BCUT2D eigenvalue weighted by molar-refractivity contribution is -0.402. The van der Waals surface area contributed by atoms with E-state index in [4.69, 9.17) is 4.42 Å². The highest BCUT2D eigenvalue weighted by Crippen LogP contribution is 2.31. The van der Waals surface area contributed by atoms with Gasteiger partial charge in [0.25, 0.3) is 5.91 Å². The zero-order valence-electron chi connectivity index (χ0n) is 20.8. The molecular formula is C26H23N5O6S2. The minimum absolute atomic E-state index is 0.00356. The number of carbonyl (C=O) groups is 1. The van der Waals surface area contributed by atoms with Crippen LogP contribution in [0.5, 0.6) is 0 Å². The third kappa shape index (κ3) is 6.00. The highest BCUT2D eigenvalue weighted by molar-refractivity contribution is 7.89. The summed E-state index contributed by atoms with van der Waals surface area (Å²) in [5.41, 5.74) is 1.82. The maximum Gasteiger partial charge on any atom is 0.433 e. The number of thiazole rings is 1. The number of anilines is 1. The molecule has 0 N–H and O–H groups in total. The maximum atomic E-state index is 13.6. The Morgan fingerprint density at radius 2 is 1.82 bits per heavy atom. The normalized spacial score (nSPS) is 11.7. The van der Waals surface area contributed by atoms with E-state index in [9.17, 15) is 23.3 Å². The van der Waals surface area contributed by atoms with E-state index in [-0.39, 0.29) is 34.4 Å². The number of hydrazone groups is 1. The van der Waals surface area contributed by atoms with Crippen molar-refractivity contribution in [2.24, 2.45) is 5.10 Å². The Kier molecular flexibility index (Phi) is 8.14. The van der Waals surface area contributed by atoms with Crippen molar-refractivity contribution in [3.63, 3.8) is 0 Å². The van der Waals surface area contributed by atoms with Crippen LogP contribution in [0.4, 0.5) is 11.0 Å². The molecule has 0 fully saturated rings. The molecule has 13 heteroatoms. The predicted octanol–water partition coefficient (Wildman–Crippen LogP) is 5.15. The first-order valence-corrected chi connectivity index (χ1v) is 13.7. The fourth-order valence-corrected chi connectivity index (χ4v) is 5.92. The van der Waals surface area contributed by atoms with E-state index in [1.807, 2.05) is 25.1 Å². The van der Waals surface area contributed by atoms with Gasteiger partial charge in [-0.2, -0.15) is 14.4 Å². The third-order valence-corrected chi connectivity index (χ3v) is 8.24. The Balaban J connectivity index is 1.70. The number of nitrogens with zero attached hydrogens (tertiary/aromatic N) is 5. The molecule has 0 bridgehead atoms. The van der Waals surface area contributed by atoms with Crippen LogP contribution < -0.4 is 5.01 Å². The molecular weight excluding hydrogens is 542 g/mol. The van der Waals surface area contributed by atoms with E-state index in [0.29, 0.717) is 5.52 Å². The molecule has 2 aromatic carbocycles. The number of furan rings is 1. The lowest BCUT2D eigenvalue weighted by atomic mass is 10.2. The molecule has 0 saturated heterocycles. The first-order valence-electron chi connectivity index (χ1n) is 11.5. The summed E-state index contributed by atoms with van der Waals surface area (Å²) in [7, 11) is -3.85. The molecule has 0 radical (unpaired) electrons. The number of amides is 1. The van der Waals surface area contributed by atoms with Gasteiger partial charge in [-0.3, -0.25) is 14.9 Å². The predicted molar refractivity (Wildman–Crippen MR) is 150 cm³/mol. The topological polar surface area (TPSA) is 139 Å². The van der Waals surface area contributed by atoms with Gasteiger partial charge in [-0.1, -0.05) is 29.6 Å². The van der Waals surface area contributed by atoms with Crippen LogP contribution in [-0.4, -0.2) is 47.8 Å². The molecule has 0 saturated carbocycles. The molecule has 200 valence electrons. The molecule has 2 aromatic heterocycles. The molecule has 0 aliphatic heterocycles. The van der Waals surface area contributed by atoms with Crippen LogP contribution in [0, 0.1) is 17.0 Å². The number of nitro groups is 1.